The number of fused-ring (bicyclic) bond motifs is 1. The lowest BCUT2D eigenvalue weighted by molar-refractivity contribution is -0.117. The van der Waals surface area contributed by atoms with Gasteiger partial charge in [0.2, 0.25) is 5.91 Å². The molecule has 2 aromatic rings. The predicted molar refractivity (Wildman–Crippen MR) is 64.0 cm³/mol. The van der Waals surface area contributed by atoms with Crippen molar-refractivity contribution in [2.45, 2.75) is 19.8 Å². The first-order valence-corrected chi connectivity index (χ1v) is 5.29. The molecule has 3 heteroatoms. The number of carbonyl (C=O) groups is 1. The minimum Gasteiger partial charge on any atom is -0.370 e. The van der Waals surface area contributed by atoms with Crippen LogP contribution in [0.3, 0.4) is 0 Å². The number of carbonyl (C=O) groups excluding carboxylic acids is 1. The van der Waals surface area contributed by atoms with E-state index >= 15 is 0 Å². The van der Waals surface area contributed by atoms with Gasteiger partial charge in [-0.05, 0) is 31.0 Å². The fraction of sp³-hybridized carbons (Fsp3) is 0.231. The van der Waals surface area contributed by atoms with Crippen molar-refractivity contribution in [1.82, 2.24) is 4.98 Å². The summed E-state index contributed by atoms with van der Waals surface area (Å²) in [6, 6.07) is 8.11. The van der Waals surface area contributed by atoms with Crippen LogP contribution < -0.4 is 5.73 Å². The maximum absolute atomic E-state index is 10.8. The molecular formula is C13H14N2O. The SMILES string of the molecule is Cc1cc(CCC(N)=O)c2ncccc2c1. The Bertz CT molecular complexity index is 534. The third kappa shape index (κ3) is 2.19. The van der Waals surface area contributed by atoms with Crippen molar-refractivity contribution in [3.05, 3.63) is 41.6 Å². The fourth-order valence-corrected chi connectivity index (χ4v) is 1.88. The van der Waals surface area contributed by atoms with Crippen LogP contribution in [0.4, 0.5) is 0 Å². The maximum atomic E-state index is 10.8. The summed E-state index contributed by atoms with van der Waals surface area (Å²) < 4.78 is 0. The van der Waals surface area contributed by atoms with E-state index in [9.17, 15) is 4.79 Å². The molecule has 0 unspecified atom stereocenters. The van der Waals surface area contributed by atoms with Crippen molar-refractivity contribution in [1.29, 1.82) is 0 Å². The van der Waals surface area contributed by atoms with Crippen LogP contribution in [0, 0.1) is 6.92 Å². The van der Waals surface area contributed by atoms with Gasteiger partial charge in [-0.15, -0.1) is 0 Å². The van der Waals surface area contributed by atoms with Crippen molar-refractivity contribution in [3.63, 3.8) is 0 Å². The molecule has 2 N–H and O–H groups in total. The first-order valence-electron chi connectivity index (χ1n) is 5.29. The Morgan fingerprint density at radius 2 is 2.25 bits per heavy atom. The summed E-state index contributed by atoms with van der Waals surface area (Å²) in [5.41, 5.74) is 8.40. The molecule has 0 aliphatic carbocycles. The molecule has 0 radical (unpaired) electrons. The highest BCUT2D eigenvalue weighted by atomic mass is 16.1. The highest BCUT2D eigenvalue weighted by molar-refractivity contribution is 5.83. The van der Waals surface area contributed by atoms with E-state index in [1.165, 1.54) is 5.56 Å². The predicted octanol–water partition coefficient (Wildman–Crippen LogP) is 1.96. The standard InChI is InChI=1S/C13H14N2O/c1-9-7-10-3-2-6-15-13(10)11(8-9)4-5-12(14)16/h2-3,6-8H,4-5H2,1H3,(H2,14,16). The van der Waals surface area contributed by atoms with Crippen molar-refractivity contribution >= 4 is 16.8 Å². The molecule has 0 fully saturated rings. The minimum absolute atomic E-state index is 0.273. The van der Waals surface area contributed by atoms with Gasteiger partial charge in [-0.1, -0.05) is 17.7 Å². The van der Waals surface area contributed by atoms with Crippen LogP contribution in [-0.2, 0) is 11.2 Å². The van der Waals surface area contributed by atoms with E-state index in [1.807, 2.05) is 19.1 Å². The van der Waals surface area contributed by atoms with Gasteiger partial charge in [-0.25, -0.2) is 0 Å². The van der Waals surface area contributed by atoms with Gasteiger partial charge in [0.05, 0.1) is 5.52 Å². The number of pyridine rings is 1. The Balaban J connectivity index is 2.46. The van der Waals surface area contributed by atoms with Gasteiger partial charge in [-0.2, -0.15) is 0 Å². The molecule has 1 aromatic carbocycles. The zero-order chi connectivity index (χ0) is 11.5. The average Bonchev–Trinajstić information content (AvgIpc) is 2.25. The lowest BCUT2D eigenvalue weighted by Gasteiger charge is -2.06. The molecule has 1 amide bonds. The molecule has 0 atom stereocenters. The molecule has 2 rings (SSSR count). The van der Waals surface area contributed by atoms with E-state index in [0.29, 0.717) is 12.8 Å². The quantitative estimate of drug-likeness (QED) is 0.849. The van der Waals surface area contributed by atoms with Crippen LogP contribution in [0.15, 0.2) is 30.5 Å². The van der Waals surface area contributed by atoms with Gasteiger partial charge in [0.15, 0.2) is 0 Å². The molecule has 16 heavy (non-hydrogen) atoms. The first kappa shape index (κ1) is 10.6. The summed E-state index contributed by atoms with van der Waals surface area (Å²) in [7, 11) is 0. The highest BCUT2D eigenvalue weighted by Gasteiger charge is 2.04. The van der Waals surface area contributed by atoms with E-state index in [0.717, 1.165) is 16.5 Å². The highest BCUT2D eigenvalue weighted by Crippen LogP contribution is 2.19. The van der Waals surface area contributed by atoms with E-state index in [2.05, 4.69) is 17.1 Å². The summed E-state index contributed by atoms with van der Waals surface area (Å²) in [6.07, 6.45) is 2.80. The first-order chi connectivity index (χ1) is 7.66. The van der Waals surface area contributed by atoms with Gasteiger partial charge >= 0.3 is 0 Å². The third-order valence-electron chi connectivity index (χ3n) is 2.57. The van der Waals surface area contributed by atoms with Gasteiger partial charge in [0.1, 0.15) is 0 Å². The van der Waals surface area contributed by atoms with E-state index in [-0.39, 0.29) is 5.91 Å². The number of primary amides is 1. The largest absolute Gasteiger partial charge is 0.370 e. The molecular weight excluding hydrogens is 200 g/mol. The molecule has 0 spiro atoms. The van der Waals surface area contributed by atoms with Crippen molar-refractivity contribution in [2.75, 3.05) is 0 Å². The number of nitrogens with two attached hydrogens (primary N) is 1. The van der Waals surface area contributed by atoms with Crippen molar-refractivity contribution in [2.24, 2.45) is 5.73 Å². The number of aryl methyl sites for hydroxylation is 2. The second kappa shape index (κ2) is 4.31. The fourth-order valence-electron chi connectivity index (χ4n) is 1.88. The topological polar surface area (TPSA) is 56.0 Å². The lowest BCUT2D eigenvalue weighted by atomic mass is 10.0. The normalized spacial score (nSPS) is 10.6. The number of hydrogen-bond donors (Lipinski definition) is 1. The Labute approximate surface area is 94.3 Å². The van der Waals surface area contributed by atoms with Crippen LogP contribution in [0.2, 0.25) is 0 Å². The number of aromatic nitrogens is 1. The molecule has 0 saturated heterocycles. The molecule has 0 aliphatic heterocycles. The Kier molecular flexibility index (Phi) is 2.86. The number of amides is 1. The van der Waals surface area contributed by atoms with Crippen LogP contribution in [-0.4, -0.2) is 10.9 Å². The monoisotopic (exact) mass is 214 g/mol. The molecule has 1 aromatic heterocycles. The third-order valence-corrected chi connectivity index (χ3v) is 2.57. The number of nitrogens with zero attached hydrogens (tertiary/aromatic N) is 1. The van der Waals surface area contributed by atoms with E-state index < -0.39 is 0 Å². The molecule has 0 aliphatic rings. The average molecular weight is 214 g/mol. The summed E-state index contributed by atoms with van der Waals surface area (Å²) in [5.74, 6) is -0.273. The number of hydrogen-bond acceptors (Lipinski definition) is 2. The summed E-state index contributed by atoms with van der Waals surface area (Å²) in [4.78, 5) is 15.1. The molecule has 0 saturated carbocycles. The van der Waals surface area contributed by atoms with Crippen LogP contribution in [0.5, 0.6) is 0 Å². The summed E-state index contributed by atoms with van der Waals surface area (Å²) >= 11 is 0. The van der Waals surface area contributed by atoms with Gasteiger partial charge < -0.3 is 5.73 Å². The summed E-state index contributed by atoms with van der Waals surface area (Å²) in [5, 5.41) is 1.11. The van der Waals surface area contributed by atoms with E-state index in [4.69, 9.17) is 5.73 Å². The number of rotatable bonds is 3. The molecule has 0 bridgehead atoms. The molecule has 3 nitrogen and oxygen atoms in total. The zero-order valence-electron chi connectivity index (χ0n) is 9.23. The molecule has 1 heterocycles. The smallest absolute Gasteiger partial charge is 0.217 e. The zero-order valence-corrected chi connectivity index (χ0v) is 9.23. The van der Waals surface area contributed by atoms with Gasteiger partial charge in [0, 0.05) is 18.0 Å². The Morgan fingerprint density at radius 1 is 1.44 bits per heavy atom. The maximum Gasteiger partial charge on any atom is 0.217 e. The number of benzene rings is 1. The van der Waals surface area contributed by atoms with Gasteiger partial charge in [-0.3, -0.25) is 9.78 Å². The lowest BCUT2D eigenvalue weighted by Crippen LogP contribution is -2.11. The second-order valence-electron chi connectivity index (χ2n) is 3.97. The van der Waals surface area contributed by atoms with Crippen LogP contribution in [0.1, 0.15) is 17.5 Å². The van der Waals surface area contributed by atoms with Crippen LogP contribution >= 0.6 is 0 Å². The van der Waals surface area contributed by atoms with Crippen molar-refractivity contribution in [3.8, 4) is 0 Å². The Morgan fingerprint density at radius 3 is 3.00 bits per heavy atom. The molecule has 82 valence electrons. The van der Waals surface area contributed by atoms with Crippen molar-refractivity contribution < 1.29 is 4.79 Å². The second-order valence-corrected chi connectivity index (χ2v) is 3.97. The summed E-state index contributed by atoms with van der Waals surface area (Å²) in [6.45, 7) is 2.04. The Hall–Kier alpha value is -1.90. The van der Waals surface area contributed by atoms with Crippen LogP contribution in [0.25, 0.3) is 10.9 Å². The van der Waals surface area contributed by atoms with Gasteiger partial charge in [0.25, 0.3) is 0 Å². The minimum atomic E-state index is -0.273. The van der Waals surface area contributed by atoms with E-state index in [1.54, 1.807) is 6.20 Å².